The third-order valence-corrected chi connectivity index (χ3v) is 4.26. The Kier molecular flexibility index (Phi) is 5.33. The van der Waals surface area contributed by atoms with Gasteiger partial charge in [0.2, 0.25) is 0 Å². The summed E-state index contributed by atoms with van der Waals surface area (Å²) in [6.07, 6.45) is 0. The predicted molar refractivity (Wildman–Crippen MR) is 93.6 cm³/mol. The van der Waals surface area contributed by atoms with Crippen LogP contribution >= 0.6 is 0 Å². The first-order chi connectivity index (χ1) is 11.7. The maximum Gasteiger partial charge on any atom is 0.317 e. The predicted octanol–water partition coefficient (Wildman–Crippen LogP) is 2.42. The van der Waals surface area contributed by atoms with Gasteiger partial charge in [0.05, 0.1) is 0 Å². The number of hydrogen-bond acceptors (Lipinski definition) is 3. The van der Waals surface area contributed by atoms with Crippen LogP contribution in [0.2, 0.25) is 0 Å². The fourth-order valence-electron chi connectivity index (χ4n) is 2.91. The number of benzene rings is 2. The Balaban J connectivity index is 1.43. The molecule has 3 rings (SSSR count). The lowest BCUT2D eigenvalue weighted by atomic mass is 10.2. The lowest BCUT2D eigenvalue weighted by Crippen LogP contribution is -2.51. The van der Waals surface area contributed by atoms with Gasteiger partial charge in [-0.25, -0.2) is 4.79 Å². The number of rotatable bonds is 4. The normalized spacial score (nSPS) is 15.2. The number of piperazine rings is 1. The molecule has 0 bridgehead atoms. The summed E-state index contributed by atoms with van der Waals surface area (Å²) in [5, 5.41) is 12.5. The summed E-state index contributed by atoms with van der Waals surface area (Å²) in [7, 11) is 0. The summed E-state index contributed by atoms with van der Waals surface area (Å²) in [5.74, 6) is 0.298. The summed E-state index contributed by atoms with van der Waals surface area (Å²) < 4.78 is 0. The van der Waals surface area contributed by atoms with Gasteiger partial charge in [-0.1, -0.05) is 42.5 Å². The van der Waals surface area contributed by atoms with Crippen LogP contribution in [0.15, 0.2) is 54.6 Å². The van der Waals surface area contributed by atoms with Crippen molar-refractivity contribution in [3.05, 3.63) is 65.7 Å². The number of urea groups is 1. The number of phenolic OH excluding ortho intramolecular Hbond substituents is 1. The van der Waals surface area contributed by atoms with Crippen LogP contribution in [0.1, 0.15) is 11.1 Å². The van der Waals surface area contributed by atoms with E-state index in [1.807, 2.05) is 47.4 Å². The molecule has 1 aliphatic rings. The highest BCUT2D eigenvalue weighted by molar-refractivity contribution is 5.74. The average molecular weight is 325 g/mol. The van der Waals surface area contributed by atoms with Crippen LogP contribution in [-0.2, 0) is 13.1 Å². The van der Waals surface area contributed by atoms with E-state index >= 15 is 0 Å². The van der Waals surface area contributed by atoms with Gasteiger partial charge in [-0.3, -0.25) is 4.90 Å². The van der Waals surface area contributed by atoms with Crippen molar-refractivity contribution in [3.63, 3.8) is 0 Å². The molecule has 0 spiro atoms. The van der Waals surface area contributed by atoms with E-state index in [0.29, 0.717) is 12.3 Å². The third-order valence-electron chi connectivity index (χ3n) is 4.26. The van der Waals surface area contributed by atoms with E-state index in [2.05, 4.69) is 10.2 Å². The zero-order chi connectivity index (χ0) is 16.8. The molecule has 1 fully saturated rings. The molecular formula is C19H23N3O2. The number of hydrogen-bond donors (Lipinski definition) is 2. The van der Waals surface area contributed by atoms with Crippen molar-refractivity contribution in [2.45, 2.75) is 13.1 Å². The number of amides is 2. The van der Waals surface area contributed by atoms with Crippen molar-refractivity contribution in [3.8, 4) is 5.75 Å². The molecule has 1 aliphatic heterocycles. The van der Waals surface area contributed by atoms with E-state index in [9.17, 15) is 9.90 Å². The van der Waals surface area contributed by atoms with Gasteiger partial charge in [0, 0.05) is 39.3 Å². The van der Waals surface area contributed by atoms with Gasteiger partial charge in [0.1, 0.15) is 5.75 Å². The van der Waals surface area contributed by atoms with E-state index in [4.69, 9.17) is 0 Å². The molecular weight excluding hydrogens is 302 g/mol. The van der Waals surface area contributed by atoms with Crippen molar-refractivity contribution < 1.29 is 9.90 Å². The van der Waals surface area contributed by atoms with Crippen LogP contribution in [0.25, 0.3) is 0 Å². The monoisotopic (exact) mass is 325 g/mol. The zero-order valence-corrected chi connectivity index (χ0v) is 13.7. The van der Waals surface area contributed by atoms with Crippen molar-refractivity contribution in [1.82, 2.24) is 15.1 Å². The first-order valence-electron chi connectivity index (χ1n) is 8.28. The van der Waals surface area contributed by atoms with Gasteiger partial charge in [0.25, 0.3) is 0 Å². The SMILES string of the molecule is O=C(NCc1ccccc1)N1CCN(Cc2cccc(O)c2)CC1. The van der Waals surface area contributed by atoms with Gasteiger partial charge in [-0.2, -0.15) is 0 Å². The second-order valence-electron chi connectivity index (χ2n) is 6.08. The number of nitrogens with one attached hydrogen (secondary N) is 1. The fourth-order valence-corrected chi connectivity index (χ4v) is 2.91. The minimum atomic E-state index is -0.00383. The van der Waals surface area contributed by atoms with Gasteiger partial charge >= 0.3 is 6.03 Å². The zero-order valence-electron chi connectivity index (χ0n) is 13.7. The number of aromatic hydroxyl groups is 1. The molecule has 0 radical (unpaired) electrons. The first kappa shape index (κ1) is 16.3. The Labute approximate surface area is 142 Å². The summed E-state index contributed by atoms with van der Waals surface area (Å²) in [4.78, 5) is 16.4. The third kappa shape index (κ3) is 4.49. The molecule has 1 saturated heterocycles. The molecule has 5 heteroatoms. The number of nitrogens with zero attached hydrogens (tertiary/aromatic N) is 2. The largest absolute Gasteiger partial charge is 0.508 e. The van der Waals surface area contributed by atoms with E-state index in [-0.39, 0.29) is 6.03 Å². The van der Waals surface area contributed by atoms with Crippen molar-refractivity contribution >= 4 is 6.03 Å². The number of carbonyl (C=O) groups is 1. The van der Waals surface area contributed by atoms with E-state index in [1.54, 1.807) is 12.1 Å². The molecule has 5 nitrogen and oxygen atoms in total. The van der Waals surface area contributed by atoms with Crippen molar-refractivity contribution in [2.24, 2.45) is 0 Å². The van der Waals surface area contributed by atoms with Gasteiger partial charge in [-0.15, -0.1) is 0 Å². The maximum absolute atomic E-state index is 12.2. The molecule has 0 aliphatic carbocycles. The Morgan fingerprint density at radius 1 is 0.958 bits per heavy atom. The molecule has 2 aromatic carbocycles. The first-order valence-corrected chi connectivity index (χ1v) is 8.28. The lowest BCUT2D eigenvalue weighted by molar-refractivity contribution is 0.135. The molecule has 0 atom stereocenters. The number of phenols is 1. The van der Waals surface area contributed by atoms with Gasteiger partial charge in [0.15, 0.2) is 0 Å². The molecule has 2 aromatic rings. The van der Waals surface area contributed by atoms with Gasteiger partial charge in [-0.05, 0) is 23.3 Å². The standard InChI is InChI=1S/C19H23N3O2/c23-18-8-4-7-17(13-18)15-21-9-11-22(12-10-21)19(24)20-14-16-5-2-1-3-6-16/h1-8,13,23H,9-12,14-15H2,(H,20,24). The molecule has 0 aromatic heterocycles. The molecule has 0 saturated carbocycles. The van der Waals surface area contributed by atoms with Crippen LogP contribution < -0.4 is 5.32 Å². The minimum absolute atomic E-state index is 0.00383. The Morgan fingerprint density at radius 3 is 2.38 bits per heavy atom. The number of carbonyl (C=O) groups excluding carboxylic acids is 1. The highest BCUT2D eigenvalue weighted by Crippen LogP contribution is 2.14. The Morgan fingerprint density at radius 2 is 1.67 bits per heavy atom. The maximum atomic E-state index is 12.2. The summed E-state index contributed by atoms with van der Waals surface area (Å²) in [6.45, 7) is 4.48. The second kappa shape index (κ2) is 7.84. The van der Waals surface area contributed by atoms with Crippen LogP contribution in [0.3, 0.4) is 0 Å². The summed E-state index contributed by atoms with van der Waals surface area (Å²) in [6, 6.07) is 17.3. The minimum Gasteiger partial charge on any atom is -0.508 e. The lowest BCUT2D eigenvalue weighted by Gasteiger charge is -2.34. The Bertz CT molecular complexity index is 667. The second-order valence-corrected chi connectivity index (χ2v) is 6.08. The molecule has 126 valence electrons. The van der Waals surface area contributed by atoms with E-state index in [1.165, 1.54) is 0 Å². The van der Waals surface area contributed by atoms with Crippen LogP contribution in [0, 0.1) is 0 Å². The smallest absolute Gasteiger partial charge is 0.317 e. The molecule has 2 amide bonds. The van der Waals surface area contributed by atoms with Crippen molar-refractivity contribution in [1.29, 1.82) is 0 Å². The fraction of sp³-hybridized carbons (Fsp3) is 0.316. The highest BCUT2D eigenvalue weighted by atomic mass is 16.3. The molecule has 24 heavy (non-hydrogen) atoms. The summed E-state index contributed by atoms with van der Waals surface area (Å²) >= 11 is 0. The highest BCUT2D eigenvalue weighted by Gasteiger charge is 2.20. The quantitative estimate of drug-likeness (QED) is 0.908. The van der Waals surface area contributed by atoms with Crippen LogP contribution in [0.5, 0.6) is 5.75 Å². The van der Waals surface area contributed by atoms with Crippen molar-refractivity contribution in [2.75, 3.05) is 26.2 Å². The molecule has 0 unspecified atom stereocenters. The van der Waals surface area contributed by atoms with E-state index in [0.717, 1.165) is 43.9 Å². The molecule has 2 N–H and O–H groups in total. The average Bonchev–Trinajstić information content (AvgIpc) is 2.61. The van der Waals surface area contributed by atoms with Gasteiger partial charge < -0.3 is 15.3 Å². The Hall–Kier alpha value is -2.53. The van der Waals surface area contributed by atoms with E-state index < -0.39 is 0 Å². The summed E-state index contributed by atoms with van der Waals surface area (Å²) in [5.41, 5.74) is 2.20. The van der Waals surface area contributed by atoms with Crippen LogP contribution in [0.4, 0.5) is 4.79 Å². The topological polar surface area (TPSA) is 55.8 Å². The molecule has 1 heterocycles. The van der Waals surface area contributed by atoms with Crippen LogP contribution in [-0.4, -0.2) is 47.1 Å².